The molecule has 0 radical (unpaired) electrons. The SMILES string of the molecule is CCC(=O)Nc1ccc(C(=O)CSc2nnc(SC)s2)cc1. The van der Waals surface area contributed by atoms with Crippen LogP contribution in [0.15, 0.2) is 32.9 Å². The molecule has 1 aromatic carbocycles. The van der Waals surface area contributed by atoms with Crippen molar-refractivity contribution in [2.24, 2.45) is 0 Å². The molecule has 116 valence electrons. The number of benzene rings is 1. The molecule has 1 amide bonds. The van der Waals surface area contributed by atoms with E-state index in [9.17, 15) is 9.59 Å². The Hall–Kier alpha value is -1.38. The largest absolute Gasteiger partial charge is 0.326 e. The van der Waals surface area contributed by atoms with Crippen molar-refractivity contribution in [3.05, 3.63) is 29.8 Å². The van der Waals surface area contributed by atoms with Gasteiger partial charge in [-0.1, -0.05) is 41.8 Å². The molecule has 0 aliphatic carbocycles. The Morgan fingerprint density at radius 3 is 2.45 bits per heavy atom. The smallest absolute Gasteiger partial charge is 0.224 e. The van der Waals surface area contributed by atoms with Crippen molar-refractivity contribution in [2.45, 2.75) is 22.0 Å². The number of carbonyl (C=O) groups excluding carboxylic acids is 2. The lowest BCUT2D eigenvalue weighted by molar-refractivity contribution is -0.115. The second-order valence-electron chi connectivity index (χ2n) is 4.23. The number of aromatic nitrogens is 2. The molecule has 0 fully saturated rings. The summed E-state index contributed by atoms with van der Waals surface area (Å²) in [5.74, 6) is 0.304. The summed E-state index contributed by atoms with van der Waals surface area (Å²) in [4.78, 5) is 23.4. The van der Waals surface area contributed by atoms with Gasteiger partial charge in [-0.3, -0.25) is 9.59 Å². The van der Waals surface area contributed by atoms with Crippen molar-refractivity contribution < 1.29 is 9.59 Å². The molecular formula is C14H15N3O2S3. The molecule has 2 rings (SSSR count). The molecule has 2 aromatic rings. The molecule has 0 atom stereocenters. The molecule has 5 nitrogen and oxygen atoms in total. The fourth-order valence-electron chi connectivity index (χ4n) is 1.54. The van der Waals surface area contributed by atoms with Crippen LogP contribution in [0.2, 0.25) is 0 Å². The first-order valence-corrected chi connectivity index (χ1v) is 9.58. The van der Waals surface area contributed by atoms with Crippen molar-refractivity contribution in [2.75, 3.05) is 17.3 Å². The molecule has 0 saturated carbocycles. The third-order valence-corrected chi connectivity index (χ3v) is 5.73. The van der Waals surface area contributed by atoms with E-state index in [0.29, 0.717) is 23.4 Å². The van der Waals surface area contributed by atoms with Crippen molar-refractivity contribution in [3.8, 4) is 0 Å². The van der Waals surface area contributed by atoms with Crippen LogP contribution < -0.4 is 5.32 Å². The van der Waals surface area contributed by atoms with Gasteiger partial charge in [0.25, 0.3) is 0 Å². The van der Waals surface area contributed by atoms with Crippen LogP contribution in [0, 0.1) is 0 Å². The maximum absolute atomic E-state index is 12.1. The highest BCUT2D eigenvalue weighted by molar-refractivity contribution is 8.03. The molecule has 1 aromatic heterocycles. The summed E-state index contributed by atoms with van der Waals surface area (Å²) >= 11 is 4.42. The molecule has 0 saturated heterocycles. The van der Waals surface area contributed by atoms with Crippen LogP contribution in [0.4, 0.5) is 5.69 Å². The number of rotatable bonds is 7. The Morgan fingerprint density at radius 1 is 1.18 bits per heavy atom. The van der Waals surface area contributed by atoms with E-state index >= 15 is 0 Å². The van der Waals surface area contributed by atoms with E-state index < -0.39 is 0 Å². The van der Waals surface area contributed by atoms with Gasteiger partial charge in [0, 0.05) is 17.7 Å². The Balaban J connectivity index is 1.90. The predicted octanol–water partition coefficient (Wildman–Crippen LogP) is 3.58. The molecule has 0 aliphatic rings. The van der Waals surface area contributed by atoms with E-state index in [4.69, 9.17) is 0 Å². The molecule has 0 bridgehead atoms. The zero-order valence-electron chi connectivity index (χ0n) is 12.2. The number of amides is 1. The lowest BCUT2D eigenvalue weighted by Crippen LogP contribution is -2.09. The Bertz CT molecular complexity index is 656. The van der Waals surface area contributed by atoms with Gasteiger partial charge in [0.15, 0.2) is 14.5 Å². The molecule has 0 unspecified atom stereocenters. The first-order chi connectivity index (χ1) is 10.6. The summed E-state index contributed by atoms with van der Waals surface area (Å²) in [5, 5.41) is 10.8. The van der Waals surface area contributed by atoms with Crippen LogP contribution >= 0.6 is 34.9 Å². The van der Waals surface area contributed by atoms with Crippen molar-refractivity contribution >= 4 is 52.2 Å². The minimum Gasteiger partial charge on any atom is -0.326 e. The Morgan fingerprint density at radius 2 is 1.86 bits per heavy atom. The summed E-state index contributed by atoms with van der Waals surface area (Å²) < 4.78 is 1.69. The van der Waals surface area contributed by atoms with Gasteiger partial charge in [-0.05, 0) is 30.5 Å². The number of nitrogens with one attached hydrogen (secondary N) is 1. The first kappa shape index (κ1) is 17.0. The number of hydrogen-bond acceptors (Lipinski definition) is 7. The van der Waals surface area contributed by atoms with Gasteiger partial charge >= 0.3 is 0 Å². The molecule has 1 N–H and O–H groups in total. The van der Waals surface area contributed by atoms with Crippen LogP contribution in [-0.2, 0) is 4.79 Å². The summed E-state index contributed by atoms with van der Waals surface area (Å²) in [6.45, 7) is 1.79. The summed E-state index contributed by atoms with van der Waals surface area (Å²) in [6, 6.07) is 6.92. The van der Waals surface area contributed by atoms with Crippen molar-refractivity contribution in [1.29, 1.82) is 0 Å². The molecule has 8 heteroatoms. The number of thioether (sulfide) groups is 2. The second-order valence-corrected chi connectivity index (χ2v) is 7.48. The highest BCUT2D eigenvalue weighted by atomic mass is 32.2. The van der Waals surface area contributed by atoms with Crippen LogP contribution in [0.3, 0.4) is 0 Å². The fourth-order valence-corrected chi connectivity index (χ4v) is 3.87. The number of nitrogens with zero attached hydrogens (tertiary/aromatic N) is 2. The van der Waals surface area contributed by atoms with Gasteiger partial charge < -0.3 is 5.32 Å². The minimum atomic E-state index is -0.0458. The first-order valence-electron chi connectivity index (χ1n) is 6.55. The van der Waals surface area contributed by atoms with Crippen LogP contribution in [0.1, 0.15) is 23.7 Å². The highest BCUT2D eigenvalue weighted by Crippen LogP contribution is 2.27. The molecule has 22 heavy (non-hydrogen) atoms. The maximum atomic E-state index is 12.1. The number of hydrogen-bond donors (Lipinski definition) is 1. The maximum Gasteiger partial charge on any atom is 0.224 e. The van der Waals surface area contributed by atoms with E-state index in [1.165, 1.54) is 23.1 Å². The zero-order chi connectivity index (χ0) is 15.9. The van der Waals surface area contributed by atoms with Gasteiger partial charge in [0.05, 0.1) is 5.75 Å². The normalized spacial score (nSPS) is 10.5. The van der Waals surface area contributed by atoms with Gasteiger partial charge in [-0.2, -0.15) is 0 Å². The van der Waals surface area contributed by atoms with E-state index in [2.05, 4.69) is 15.5 Å². The summed E-state index contributed by atoms with van der Waals surface area (Å²) in [7, 11) is 0. The zero-order valence-corrected chi connectivity index (χ0v) is 14.6. The highest BCUT2D eigenvalue weighted by Gasteiger charge is 2.10. The molecule has 0 spiro atoms. The third-order valence-electron chi connectivity index (χ3n) is 2.70. The summed E-state index contributed by atoms with van der Waals surface area (Å²) in [6.07, 6.45) is 2.37. The Kier molecular flexibility index (Phi) is 6.41. The number of ketones is 1. The minimum absolute atomic E-state index is 0.0271. The molecule has 1 heterocycles. The predicted molar refractivity (Wildman–Crippen MR) is 92.1 cm³/mol. The van der Waals surface area contributed by atoms with Gasteiger partial charge in [0.1, 0.15) is 0 Å². The van der Waals surface area contributed by atoms with Crippen molar-refractivity contribution in [3.63, 3.8) is 0 Å². The monoisotopic (exact) mass is 353 g/mol. The number of Topliss-reactive ketones (excluding diaryl/α,β-unsaturated/α-hetero) is 1. The molecular weight excluding hydrogens is 338 g/mol. The molecule has 0 aliphatic heterocycles. The van der Waals surface area contributed by atoms with Gasteiger partial charge in [-0.15, -0.1) is 10.2 Å². The van der Waals surface area contributed by atoms with E-state index in [0.717, 1.165) is 8.68 Å². The average molecular weight is 353 g/mol. The van der Waals surface area contributed by atoms with E-state index in [1.54, 1.807) is 43.0 Å². The number of carbonyl (C=O) groups is 2. The van der Waals surface area contributed by atoms with Crippen LogP contribution in [0.5, 0.6) is 0 Å². The number of anilines is 1. The topological polar surface area (TPSA) is 72.0 Å². The lowest BCUT2D eigenvalue weighted by atomic mass is 10.1. The fraction of sp³-hybridized carbons (Fsp3) is 0.286. The second kappa shape index (κ2) is 8.30. The third kappa shape index (κ3) is 4.82. The summed E-state index contributed by atoms with van der Waals surface area (Å²) in [5.41, 5.74) is 1.32. The Labute approximate surface area is 141 Å². The lowest BCUT2D eigenvalue weighted by Gasteiger charge is -2.04. The van der Waals surface area contributed by atoms with E-state index in [-0.39, 0.29) is 11.7 Å². The van der Waals surface area contributed by atoms with Gasteiger partial charge in [0.2, 0.25) is 5.91 Å². The van der Waals surface area contributed by atoms with E-state index in [1.807, 2.05) is 6.26 Å². The average Bonchev–Trinajstić information content (AvgIpc) is 3.01. The quantitative estimate of drug-likeness (QED) is 0.606. The van der Waals surface area contributed by atoms with Gasteiger partial charge in [-0.25, -0.2) is 0 Å². The standard InChI is InChI=1S/C14H15N3O2S3/c1-3-12(19)15-10-6-4-9(5-7-10)11(18)8-21-14-17-16-13(20-2)22-14/h4-7H,3,8H2,1-2H3,(H,15,19). The van der Waals surface area contributed by atoms with Crippen LogP contribution in [-0.4, -0.2) is 33.9 Å². The van der Waals surface area contributed by atoms with Crippen molar-refractivity contribution in [1.82, 2.24) is 10.2 Å². The van der Waals surface area contributed by atoms with Crippen LogP contribution in [0.25, 0.3) is 0 Å².